The number of unbranched alkanes of at least 4 members (excludes halogenated alkanes) is 1. The Labute approximate surface area is 148 Å². The highest BCUT2D eigenvalue weighted by Gasteiger charge is 2.29. The van der Waals surface area contributed by atoms with Crippen molar-refractivity contribution in [2.24, 2.45) is 7.05 Å². The minimum Gasteiger partial charge on any atom is -0.462 e. The molecule has 1 aromatic heterocycles. The van der Waals surface area contributed by atoms with E-state index in [4.69, 9.17) is 4.74 Å². The number of hydrogen-bond acceptors (Lipinski definition) is 6. The molecular formula is C15H23BrN4O4. The summed E-state index contributed by atoms with van der Waals surface area (Å²) < 4.78 is 6.67. The van der Waals surface area contributed by atoms with Gasteiger partial charge in [0.15, 0.2) is 0 Å². The molecule has 1 aliphatic heterocycles. The summed E-state index contributed by atoms with van der Waals surface area (Å²) in [6.45, 7) is 2.70. The number of aromatic nitrogens is 2. The number of carbonyl (C=O) groups is 1. The minimum absolute atomic E-state index is 0.122. The summed E-state index contributed by atoms with van der Waals surface area (Å²) in [5, 5.41) is 0.617. The van der Waals surface area contributed by atoms with E-state index in [0.29, 0.717) is 23.5 Å². The van der Waals surface area contributed by atoms with E-state index in [-0.39, 0.29) is 17.6 Å². The van der Waals surface area contributed by atoms with Crippen LogP contribution >= 0.6 is 15.9 Å². The van der Waals surface area contributed by atoms with Crippen molar-refractivity contribution in [1.82, 2.24) is 9.55 Å². The molecule has 0 bridgehead atoms. The van der Waals surface area contributed by atoms with Crippen molar-refractivity contribution in [2.75, 3.05) is 35.4 Å². The molecule has 9 heteroatoms. The summed E-state index contributed by atoms with van der Waals surface area (Å²) in [6.07, 6.45) is 2.41. The first-order valence-corrected chi connectivity index (χ1v) is 8.99. The van der Waals surface area contributed by atoms with Crippen molar-refractivity contribution in [3.63, 3.8) is 0 Å². The largest absolute Gasteiger partial charge is 0.462 e. The van der Waals surface area contributed by atoms with Gasteiger partial charge in [-0.05, 0) is 19.3 Å². The molecule has 0 amide bonds. The molecule has 1 aliphatic rings. The van der Waals surface area contributed by atoms with Gasteiger partial charge in [-0.1, -0.05) is 15.9 Å². The summed E-state index contributed by atoms with van der Waals surface area (Å²) in [7, 11) is 3.49. The van der Waals surface area contributed by atoms with Gasteiger partial charge in [0.05, 0.1) is 6.67 Å². The Morgan fingerprint density at radius 3 is 2.67 bits per heavy atom. The fraction of sp³-hybridized carbons (Fsp3) is 0.667. The third-order valence-corrected chi connectivity index (χ3v) is 4.76. The van der Waals surface area contributed by atoms with E-state index >= 15 is 0 Å². The van der Waals surface area contributed by atoms with E-state index < -0.39 is 5.69 Å². The van der Waals surface area contributed by atoms with Crippen molar-refractivity contribution in [3.8, 4) is 0 Å². The first-order chi connectivity index (χ1) is 11.3. The summed E-state index contributed by atoms with van der Waals surface area (Å²) >= 11 is 3.35. The molecule has 1 atom stereocenters. The lowest BCUT2D eigenvalue weighted by molar-refractivity contribution is -0.145. The molecule has 8 nitrogen and oxygen atoms in total. The van der Waals surface area contributed by atoms with E-state index in [1.807, 2.05) is 16.8 Å². The number of fused-ring (bicyclic) bond motifs is 1. The SMILES string of the molecule is CC(=O)OC(CBr)CCCCN1CN(C)c2c1n(C)c(=O)[nH]c2=O. The Kier molecular flexibility index (Phi) is 6.09. The maximum Gasteiger partial charge on any atom is 0.329 e. The van der Waals surface area contributed by atoms with E-state index in [1.54, 1.807) is 7.05 Å². The molecule has 0 fully saturated rings. The number of alkyl halides is 1. The molecule has 0 radical (unpaired) electrons. The second kappa shape index (κ2) is 7.87. The van der Waals surface area contributed by atoms with Crippen LogP contribution in [0.3, 0.4) is 0 Å². The minimum atomic E-state index is -0.409. The summed E-state index contributed by atoms with van der Waals surface area (Å²) in [6, 6.07) is 0. The van der Waals surface area contributed by atoms with Gasteiger partial charge in [-0.15, -0.1) is 0 Å². The number of anilines is 2. The molecule has 0 saturated carbocycles. The second-order valence-electron chi connectivity index (χ2n) is 5.97. The van der Waals surface area contributed by atoms with Crippen LogP contribution in [-0.2, 0) is 16.6 Å². The number of nitrogens with zero attached hydrogens (tertiary/aromatic N) is 3. The van der Waals surface area contributed by atoms with Crippen molar-refractivity contribution in [2.45, 2.75) is 32.3 Å². The van der Waals surface area contributed by atoms with E-state index in [9.17, 15) is 14.4 Å². The van der Waals surface area contributed by atoms with Crippen molar-refractivity contribution in [1.29, 1.82) is 0 Å². The molecule has 1 aromatic rings. The molecular weight excluding hydrogens is 380 g/mol. The van der Waals surface area contributed by atoms with Gasteiger partial charge in [-0.25, -0.2) is 4.79 Å². The average molecular weight is 403 g/mol. The second-order valence-corrected chi connectivity index (χ2v) is 6.62. The van der Waals surface area contributed by atoms with Gasteiger partial charge in [0, 0.05) is 32.9 Å². The maximum atomic E-state index is 12.0. The fourth-order valence-corrected chi connectivity index (χ4v) is 3.41. The zero-order valence-electron chi connectivity index (χ0n) is 14.2. The summed E-state index contributed by atoms with van der Waals surface area (Å²) in [5.74, 6) is 0.382. The van der Waals surface area contributed by atoms with Crippen molar-refractivity contribution < 1.29 is 9.53 Å². The Balaban J connectivity index is 1.98. The summed E-state index contributed by atoms with van der Waals surface area (Å²) in [4.78, 5) is 41.0. The molecule has 134 valence electrons. The average Bonchev–Trinajstić information content (AvgIpc) is 2.84. The van der Waals surface area contributed by atoms with Crippen LogP contribution in [0.2, 0.25) is 0 Å². The number of carbonyl (C=O) groups excluding carboxylic acids is 1. The van der Waals surface area contributed by atoms with Gasteiger partial charge in [0.25, 0.3) is 5.56 Å². The van der Waals surface area contributed by atoms with Crippen molar-refractivity contribution >= 4 is 33.4 Å². The van der Waals surface area contributed by atoms with Crippen LogP contribution in [0.25, 0.3) is 0 Å². The number of nitrogens with one attached hydrogen (secondary N) is 1. The number of ether oxygens (including phenoxy) is 1. The zero-order valence-corrected chi connectivity index (χ0v) is 15.8. The third kappa shape index (κ3) is 4.00. The van der Waals surface area contributed by atoms with Crippen LogP contribution in [0, 0.1) is 0 Å². The lowest BCUT2D eigenvalue weighted by Gasteiger charge is -2.21. The number of hydrogen-bond donors (Lipinski definition) is 1. The molecule has 0 aromatic carbocycles. The highest BCUT2D eigenvalue weighted by atomic mass is 79.9. The quantitative estimate of drug-likeness (QED) is 0.412. The van der Waals surface area contributed by atoms with E-state index in [2.05, 4.69) is 20.9 Å². The Bertz CT molecular complexity index is 714. The zero-order chi connectivity index (χ0) is 17.9. The van der Waals surface area contributed by atoms with Gasteiger partial charge in [0.2, 0.25) is 0 Å². The molecule has 24 heavy (non-hydrogen) atoms. The van der Waals surface area contributed by atoms with Crippen LogP contribution in [0.15, 0.2) is 9.59 Å². The van der Waals surface area contributed by atoms with Gasteiger partial charge < -0.3 is 14.5 Å². The highest BCUT2D eigenvalue weighted by molar-refractivity contribution is 9.09. The molecule has 0 aliphatic carbocycles. The molecule has 1 N–H and O–H groups in total. The topological polar surface area (TPSA) is 87.6 Å². The standard InChI is InChI=1S/C15H23BrN4O4/c1-10(21)24-11(8-16)6-4-5-7-20-9-18(2)12-13(22)17-15(23)19(3)14(12)20/h11H,4-9H2,1-3H3,(H,17,22,23). The first-order valence-electron chi connectivity index (χ1n) is 7.87. The molecule has 0 spiro atoms. The summed E-state index contributed by atoms with van der Waals surface area (Å²) in [5.41, 5.74) is -0.240. The predicted molar refractivity (Wildman–Crippen MR) is 96.1 cm³/mol. The first kappa shape index (κ1) is 18.6. The monoisotopic (exact) mass is 402 g/mol. The number of rotatable bonds is 7. The van der Waals surface area contributed by atoms with Crippen LogP contribution < -0.4 is 21.0 Å². The number of halogens is 1. The van der Waals surface area contributed by atoms with E-state index in [0.717, 1.165) is 25.8 Å². The Morgan fingerprint density at radius 2 is 2.04 bits per heavy atom. The molecule has 2 rings (SSSR count). The Hall–Kier alpha value is -1.77. The lowest BCUT2D eigenvalue weighted by Crippen LogP contribution is -2.32. The van der Waals surface area contributed by atoms with Crippen LogP contribution in [-0.4, -0.2) is 47.2 Å². The van der Waals surface area contributed by atoms with Crippen LogP contribution in [0.5, 0.6) is 0 Å². The Morgan fingerprint density at radius 1 is 1.33 bits per heavy atom. The predicted octanol–water partition coefficient (Wildman–Crippen LogP) is 0.784. The fourth-order valence-electron chi connectivity index (χ4n) is 2.95. The van der Waals surface area contributed by atoms with Gasteiger partial charge in [-0.3, -0.25) is 19.1 Å². The maximum absolute atomic E-state index is 12.0. The normalized spacial score (nSPS) is 14.7. The van der Waals surface area contributed by atoms with E-state index in [1.165, 1.54) is 11.5 Å². The number of aromatic amines is 1. The lowest BCUT2D eigenvalue weighted by atomic mass is 10.1. The van der Waals surface area contributed by atoms with Crippen LogP contribution in [0.4, 0.5) is 11.5 Å². The molecule has 0 saturated heterocycles. The molecule has 1 unspecified atom stereocenters. The van der Waals surface area contributed by atoms with Crippen LogP contribution in [0.1, 0.15) is 26.2 Å². The highest BCUT2D eigenvalue weighted by Crippen LogP contribution is 2.29. The van der Waals surface area contributed by atoms with Gasteiger partial charge in [0.1, 0.15) is 17.6 Å². The smallest absolute Gasteiger partial charge is 0.329 e. The van der Waals surface area contributed by atoms with Gasteiger partial charge >= 0.3 is 11.7 Å². The third-order valence-electron chi connectivity index (χ3n) is 4.04. The number of esters is 1. The van der Waals surface area contributed by atoms with Gasteiger partial charge in [-0.2, -0.15) is 0 Å². The molecule has 2 heterocycles. The number of H-pyrrole nitrogens is 1. The van der Waals surface area contributed by atoms with Crippen molar-refractivity contribution in [3.05, 3.63) is 20.8 Å².